The van der Waals surface area contributed by atoms with Gasteiger partial charge in [0.2, 0.25) is 0 Å². The van der Waals surface area contributed by atoms with Crippen LogP contribution in [0.5, 0.6) is 0 Å². The summed E-state index contributed by atoms with van der Waals surface area (Å²) < 4.78 is 6.22. The van der Waals surface area contributed by atoms with E-state index in [-0.39, 0.29) is 5.97 Å². The Balaban J connectivity index is 2.56. The van der Waals surface area contributed by atoms with Gasteiger partial charge in [-0.1, -0.05) is 41.6 Å². The number of carbonyl (C=O) groups excluding carboxylic acids is 1. The summed E-state index contributed by atoms with van der Waals surface area (Å²) in [5.74, 6) is -0.232. The Morgan fingerprint density at radius 2 is 2.00 bits per heavy atom. The standard InChI is InChI=1S/C13H19BrO2Si/c1-10-5-6-11(9-12(10)14)13(15)16-7-8-17(2,3)4/h5-6,9H,7-8H2,1-4H3. The normalized spacial score (nSPS) is 11.4. The fourth-order valence-corrected chi connectivity index (χ4v) is 2.35. The molecule has 0 aliphatic rings. The molecule has 0 atom stereocenters. The molecule has 1 aromatic carbocycles. The number of hydrogen-bond donors (Lipinski definition) is 0. The van der Waals surface area contributed by atoms with Crippen LogP contribution in [-0.2, 0) is 4.74 Å². The van der Waals surface area contributed by atoms with Crippen molar-refractivity contribution in [3.8, 4) is 0 Å². The van der Waals surface area contributed by atoms with Gasteiger partial charge in [0.1, 0.15) is 0 Å². The van der Waals surface area contributed by atoms with E-state index < -0.39 is 8.07 Å². The maximum atomic E-state index is 11.8. The molecule has 0 saturated heterocycles. The molecule has 0 aliphatic heterocycles. The molecule has 1 rings (SSSR count). The second-order valence-corrected chi connectivity index (χ2v) is 11.9. The molecule has 94 valence electrons. The van der Waals surface area contributed by atoms with Gasteiger partial charge in [-0.25, -0.2) is 4.79 Å². The number of hydrogen-bond acceptors (Lipinski definition) is 2. The van der Waals surface area contributed by atoms with E-state index in [2.05, 4.69) is 35.6 Å². The smallest absolute Gasteiger partial charge is 0.338 e. The van der Waals surface area contributed by atoms with Gasteiger partial charge in [-0.05, 0) is 30.7 Å². The minimum atomic E-state index is -1.13. The van der Waals surface area contributed by atoms with Crippen molar-refractivity contribution in [3.63, 3.8) is 0 Å². The second kappa shape index (κ2) is 5.82. The van der Waals surface area contributed by atoms with Crippen molar-refractivity contribution < 1.29 is 9.53 Å². The minimum absolute atomic E-state index is 0.232. The molecule has 0 bridgehead atoms. The highest BCUT2D eigenvalue weighted by atomic mass is 79.9. The highest BCUT2D eigenvalue weighted by Gasteiger charge is 2.14. The summed E-state index contributed by atoms with van der Waals surface area (Å²) in [6.07, 6.45) is 0. The number of benzene rings is 1. The molecule has 0 saturated carbocycles. The molecule has 2 nitrogen and oxygen atoms in total. The van der Waals surface area contributed by atoms with Crippen LogP contribution in [0.4, 0.5) is 0 Å². The molecule has 0 amide bonds. The Hall–Kier alpha value is -0.613. The van der Waals surface area contributed by atoms with Gasteiger partial charge in [-0.15, -0.1) is 0 Å². The molecular formula is C13H19BrO2Si. The summed E-state index contributed by atoms with van der Waals surface area (Å²) in [6.45, 7) is 9.32. The lowest BCUT2D eigenvalue weighted by atomic mass is 10.1. The van der Waals surface area contributed by atoms with E-state index in [0.29, 0.717) is 12.2 Å². The Kier molecular flexibility index (Phi) is 4.95. The van der Waals surface area contributed by atoms with Gasteiger partial charge in [0.05, 0.1) is 12.2 Å². The quantitative estimate of drug-likeness (QED) is 0.613. The Morgan fingerprint density at radius 1 is 1.35 bits per heavy atom. The molecule has 17 heavy (non-hydrogen) atoms. The number of halogens is 1. The van der Waals surface area contributed by atoms with E-state index in [4.69, 9.17) is 4.74 Å². The zero-order chi connectivity index (χ0) is 13.1. The maximum Gasteiger partial charge on any atom is 0.338 e. The molecule has 0 heterocycles. The molecule has 0 unspecified atom stereocenters. The third kappa shape index (κ3) is 5.04. The van der Waals surface area contributed by atoms with Crippen molar-refractivity contribution in [3.05, 3.63) is 33.8 Å². The molecule has 0 fully saturated rings. The molecule has 4 heteroatoms. The monoisotopic (exact) mass is 314 g/mol. The van der Waals surface area contributed by atoms with Gasteiger partial charge in [0, 0.05) is 12.5 Å². The van der Waals surface area contributed by atoms with E-state index >= 15 is 0 Å². The first kappa shape index (κ1) is 14.4. The zero-order valence-electron chi connectivity index (χ0n) is 10.8. The Morgan fingerprint density at radius 3 is 2.53 bits per heavy atom. The van der Waals surface area contributed by atoms with E-state index in [1.54, 1.807) is 6.07 Å². The van der Waals surface area contributed by atoms with Gasteiger partial charge in [-0.3, -0.25) is 0 Å². The van der Waals surface area contributed by atoms with E-state index in [9.17, 15) is 4.79 Å². The molecule has 0 N–H and O–H groups in total. The summed E-state index contributed by atoms with van der Waals surface area (Å²) >= 11 is 3.41. The van der Waals surface area contributed by atoms with Crippen molar-refractivity contribution in [2.45, 2.75) is 32.6 Å². The van der Waals surface area contributed by atoms with Crippen molar-refractivity contribution >= 4 is 30.0 Å². The maximum absolute atomic E-state index is 11.8. The summed E-state index contributed by atoms with van der Waals surface area (Å²) in [5.41, 5.74) is 1.72. The average Bonchev–Trinajstić information content (AvgIpc) is 2.20. The van der Waals surface area contributed by atoms with Crippen LogP contribution in [0.1, 0.15) is 15.9 Å². The first-order valence-electron chi connectivity index (χ1n) is 5.73. The van der Waals surface area contributed by atoms with Crippen molar-refractivity contribution in [1.82, 2.24) is 0 Å². The van der Waals surface area contributed by atoms with Crippen LogP contribution >= 0.6 is 15.9 Å². The summed E-state index contributed by atoms with van der Waals surface area (Å²) in [4.78, 5) is 11.8. The van der Waals surface area contributed by atoms with Gasteiger partial charge >= 0.3 is 5.97 Å². The predicted octanol–water partition coefficient (Wildman–Crippen LogP) is 4.25. The van der Waals surface area contributed by atoms with Crippen molar-refractivity contribution in [2.24, 2.45) is 0 Å². The van der Waals surface area contributed by atoms with E-state index in [1.165, 1.54) is 0 Å². The predicted molar refractivity (Wildman–Crippen MR) is 77.3 cm³/mol. The minimum Gasteiger partial charge on any atom is -0.462 e. The molecular weight excluding hydrogens is 296 g/mol. The molecule has 0 spiro atoms. The van der Waals surface area contributed by atoms with E-state index in [0.717, 1.165) is 16.1 Å². The second-order valence-electron chi connectivity index (χ2n) is 5.41. The van der Waals surface area contributed by atoms with Crippen LogP contribution in [-0.4, -0.2) is 20.7 Å². The SMILES string of the molecule is Cc1ccc(C(=O)OCC[Si](C)(C)C)cc1Br. The number of rotatable bonds is 4. The first-order valence-corrected chi connectivity index (χ1v) is 10.2. The largest absolute Gasteiger partial charge is 0.462 e. The lowest BCUT2D eigenvalue weighted by Crippen LogP contribution is -2.22. The highest BCUT2D eigenvalue weighted by Crippen LogP contribution is 2.18. The third-order valence-corrected chi connectivity index (χ3v) is 5.05. The number of ether oxygens (including phenoxy) is 1. The van der Waals surface area contributed by atoms with Crippen LogP contribution < -0.4 is 0 Å². The lowest BCUT2D eigenvalue weighted by Gasteiger charge is -2.15. The Labute approximate surface area is 113 Å². The number of aryl methyl sites for hydroxylation is 1. The van der Waals surface area contributed by atoms with Gasteiger partial charge in [0.25, 0.3) is 0 Å². The first-order chi connectivity index (χ1) is 7.79. The van der Waals surface area contributed by atoms with Gasteiger partial charge < -0.3 is 4.74 Å². The lowest BCUT2D eigenvalue weighted by molar-refractivity contribution is 0.0525. The highest BCUT2D eigenvalue weighted by molar-refractivity contribution is 9.10. The van der Waals surface area contributed by atoms with Crippen LogP contribution in [0.25, 0.3) is 0 Å². The third-order valence-electron chi connectivity index (χ3n) is 2.49. The van der Waals surface area contributed by atoms with Gasteiger partial charge in [-0.2, -0.15) is 0 Å². The zero-order valence-corrected chi connectivity index (χ0v) is 13.4. The summed E-state index contributed by atoms with van der Waals surface area (Å²) in [5, 5.41) is 0. The molecule has 1 aromatic rings. The molecule has 0 aromatic heterocycles. The fraction of sp³-hybridized carbons (Fsp3) is 0.462. The number of carbonyl (C=O) groups is 1. The van der Waals surface area contributed by atoms with Crippen molar-refractivity contribution in [1.29, 1.82) is 0 Å². The van der Waals surface area contributed by atoms with E-state index in [1.807, 2.05) is 19.1 Å². The number of esters is 1. The summed E-state index contributed by atoms with van der Waals surface area (Å²) in [7, 11) is -1.13. The van der Waals surface area contributed by atoms with Gasteiger partial charge in [0.15, 0.2) is 0 Å². The molecule has 0 radical (unpaired) electrons. The van der Waals surface area contributed by atoms with Crippen LogP contribution in [0.3, 0.4) is 0 Å². The summed E-state index contributed by atoms with van der Waals surface area (Å²) in [6, 6.07) is 6.54. The fourth-order valence-electron chi connectivity index (χ4n) is 1.25. The van der Waals surface area contributed by atoms with Crippen LogP contribution in [0.2, 0.25) is 25.7 Å². The average molecular weight is 315 g/mol. The van der Waals surface area contributed by atoms with Crippen LogP contribution in [0.15, 0.2) is 22.7 Å². The molecule has 0 aliphatic carbocycles. The topological polar surface area (TPSA) is 26.3 Å². The van der Waals surface area contributed by atoms with Crippen LogP contribution in [0, 0.1) is 6.92 Å². The van der Waals surface area contributed by atoms with Crippen molar-refractivity contribution in [2.75, 3.05) is 6.61 Å². The Bertz CT molecular complexity index is 410.